The summed E-state index contributed by atoms with van der Waals surface area (Å²) in [5, 5.41) is 16.9. The first kappa shape index (κ1) is 7.74. The molecule has 0 amide bonds. The molecule has 0 radical (unpaired) electrons. The normalized spacial score (nSPS) is 9.91. The average molecular weight is 156 g/mol. The fourth-order valence-electron chi connectivity index (χ4n) is 0.712. The Hall–Kier alpha value is -1.36. The zero-order valence-electron chi connectivity index (χ0n) is 5.77. The van der Waals surface area contributed by atoms with Gasteiger partial charge in [-0.3, -0.25) is 0 Å². The number of imidazole rings is 1. The van der Waals surface area contributed by atoms with Crippen LogP contribution < -0.4 is 0 Å². The molecule has 0 atom stereocenters. The Bertz CT molecular complexity index is 256. The van der Waals surface area contributed by atoms with E-state index in [-0.39, 0.29) is 6.61 Å². The van der Waals surface area contributed by atoms with E-state index in [9.17, 15) is 4.79 Å². The highest BCUT2D eigenvalue weighted by Gasteiger charge is 2.02. The Labute approximate surface area is 62.9 Å². The van der Waals surface area contributed by atoms with Gasteiger partial charge in [0.1, 0.15) is 6.33 Å². The maximum absolute atomic E-state index is 10.3. The minimum absolute atomic E-state index is 0.0172. The minimum Gasteiger partial charge on any atom is -0.464 e. The van der Waals surface area contributed by atoms with Gasteiger partial charge in [0.15, 0.2) is 0 Å². The van der Waals surface area contributed by atoms with Gasteiger partial charge in [-0.05, 0) is 0 Å². The van der Waals surface area contributed by atoms with Crippen LogP contribution in [-0.2, 0) is 6.42 Å². The second-order valence-electron chi connectivity index (χ2n) is 2.03. The van der Waals surface area contributed by atoms with Gasteiger partial charge in [-0.15, -0.1) is 0 Å². The smallest absolute Gasteiger partial charge is 0.416 e. The first-order chi connectivity index (χ1) is 5.24. The van der Waals surface area contributed by atoms with Crippen molar-refractivity contribution in [3.63, 3.8) is 0 Å². The molecule has 0 bridgehead atoms. The van der Waals surface area contributed by atoms with Crippen molar-refractivity contribution in [2.75, 3.05) is 6.61 Å². The molecule has 5 nitrogen and oxygen atoms in total. The van der Waals surface area contributed by atoms with Crippen LogP contribution in [0.15, 0.2) is 12.5 Å². The van der Waals surface area contributed by atoms with E-state index >= 15 is 0 Å². The lowest BCUT2D eigenvalue weighted by Crippen LogP contribution is -2.04. The van der Waals surface area contributed by atoms with Crippen LogP contribution in [0, 0.1) is 0 Å². The van der Waals surface area contributed by atoms with Crippen LogP contribution in [-0.4, -0.2) is 32.5 Å². The van der Waals surface area contributed by atoms with Crippen LogP contribution in [0.1, 0.15) is 5.69 Å². The van der Waals surface area contributed by atoms with E-state index < -0.39 is 6.09 Å². The van der Waals surface area contributed by atoms with Crippen molar-refractivity contribution in [2.45, 2.75) is 6.42 Å². The minimum atomic E-state index is -1.07. The van der Waals surface area contributed by atoms with Crippen molar-refractivity contribution in [2.24, 2.45) is 0 Å². The summed E-state index contributed by atoms with van der Waals surface area (Å²) < 4.78 is 0.949. The lowest BCUT2D eigenvalue weighted by atomic mass is 10.4. The summed E-state index contributed by atoms with van der Waals surface area (Å²) in [7, 11) is 0. The van der Waals surface area contributed by atoms with Gasteiger partial charge in [0.2, 0.25) is 0 Å². The second kappa shape index (κ2) is 3.16. The Morgan fingerprint density at radius 3 is 2.91 bits per heavy atom. The molecule has 0 spiro atoms. The summed E-state index contributed by atoms with van der Waals surface area (Å²) in [6.45, 7) is -0.0172. The first-order valence-electron chi connectivity index (χ1n) is 3.11. The SMILES string of the molecule is O=C(O)n1cnc(CCO)c1. The first-order valence-corrected chi connectivity index (χ1v) is 3.11. The van der Waals surface area contributed by atoms with Crippen molar-refractivity contribution in [1.29, 1.82) is 0 Å². The highest BCUT2D eigenvalue weighted by Crippen LogP contribution is 1.95. The number of hydrogen-bond donors (Lipinski definition) is 2. The van der Waals surface area contributed by atoms with Crippen LogP contribution in [0.4, 0.5) is 4.79 Å². The maximum atomic E-state index is 10.3. The molecule has 0 aliphatic heterocycles. The zero-order chi connectivity index (χ0) is 8.27. The summed E-state index contributed by atoms with van der Waals surface area (Å²) >= 11 is 0. The number of carboxylic acid groups (broad SMARTS) is 1. The predicted octanol–water partition coefficient (Wildman–Crippen LogP) is -0.0560. The third kappa shape index (κ3) is 1.78. The molecule has 0 aliphatic carbocycles. The van der Waals surface area contributed by atoms with Gasteiger partial charge in [-0.2, -0.15) is 0 Å². The predicted molar refractivity (Wildman–Crippen MR) is 36.4 cm³/mol. The third-order valence-electron chi connectivity index (χ3n) is 1.22. The molecule has 1 aromatic rings. The van der Waals surface area contributed by atoms with Crippen LogP contribution in [0.25, 0.3) is 0 Å². The van der Waals surface area contributed by atoms with Crippen molar-refractivity contribution in [3.8, 4) is 0 Å². The summed E-state index contributed by atoms with van der Waals surface area (Å²) in [5.74, 6) is 0. The van der Waals surface area contributed by atoms with Gasteiger partial charge < -0.3 is 10.2 Å². The van der Waals surface area contributed by atoms with E-state index in [0.717, 1.165) is 4.57 Å². The number of hydrogen-bond acceptors (Lipinski definition) is 3. The molecular formula is C6H8N2O3. The number of aliphatic hydroxyl groups excluding tert-OH is 1. The number of aromatic nitrogens is 2. The van der Waals surface area contributed by atoms with Crippen LogP contribution >= 0.6 is 0 Å². The molecule has 0 unspecified atom stereocenters. The summed E-state index contributed by atoms with van der Waals surface area (Å²) in [4.78, 5) is 14.0. The second-order valence-corrected chi connectivity index (χ2v) is 2.03. The summed E-state index contributed by atoms with van der Waals surface area (Å²) in [6.07, 6.45) is 1.90. The monoisotopic (exact) mass is 156 g/mol. The van der Waals surface area contributed by atoms with Gasteiger partial charge >= 0.3 is 6.09 Å². The molecule has 0 saturated heterocycles. The highest BCUT2D eigenvalue weighted by molar-refractivity contribution is 5.67. The fourth-order valence-corrected chi connectivity index (χ4v) is 0.712. The molecule has 1 heterocycles. The lowest BCUT2D eigenvalue weighted by molar-refractivity contribution is 0.196. The molecule has 1 aromatic heterocycles. The molecule has 11 heavy (non-hydrogen) atoms. The maximum Gasteiger partial charge on any atom is 0.416 e. The Balaban J connectivity index is 2.73. The quantitative estimate of drug-likeness (QED) is 0.629. The van der Waals surface area contributed by atoms with Crippen molar-refractivity contribution in [1.82, 2.24) is 9.55 Å². The van der Waals surface area contributed by atoms with Gasteiger partial charge in [-0.25, -0.2) is 14.3 Å². The molecular weight excluding hydrogens is 148 g/mol. The van der Waals surface area contributed by atoms with E-state index in [2.05, 4.69) is 4.98 Å². The van der Waals surface area contributed by atoms with Gasteiger partial charge in [0.05, 0.1) is 5.69 Å². The Morgan fingerprint density at radius 1 is 1.73 bits per heavy atom. The van der Waals surface area contributed by atoms with E-state index in [1.807, 2.05) is 0 Å². The Kier molecular flexibility index (Phi) is 2.22. The lowest BCUT2D eigenvalue weighted by Gasteiger charge is -1.88. The molecule has 0 saturated carbocycles. The van der Waals surface area contributed by atoms with Crippen LogP contribution in [0.3, 0.4) is 0 Å². The van der Waals surface area contributed by atoms with Crippen LogP contribution in [0.5, 0.6) is 0 Å². The molecule has 0 aliphatic rings. The molecule has 2 N–H and O–H groups in total. The van der Waals surface area contributed by atoms with Crippen molar-refractivity contribution < 1.29 is 15.0 Å². The number of aliphatic hydroxyl groups is 1. The number of rotatable bonds is 2. The third-order valence-corrected chi connectivity index (χ3v) is 1.22. The summed E-state index contributed by atoms with van der Waals surface area (Å²) in [5.41, 5.74) is 0.579. The van der Waals surface area contributed by atoms with Gasteiger partial charge in [0.25, 0.3) is 0 Å². The van der Waals surface area contributed by atoms with Gasteiger partial charge in [-0.1, -0.05) is 0 Å². The van der Waals surface area contributed by atoms with E-state index in [1.165, 1.54) is 12.5 Å². The molecule has 0 aromatic carbocycles. The van der Waals surface area contributed by atoms with E-state index in [4.69, 9.17) is 10.2 Å². The standard InChI is InChI=1S/C6H8N2O3/c9-2-1-5-3-8(4-7-5)6(10)11/h3-4,9H,1-2H2,(H,10,11). The van der Waals surface area contributed by atoms with Crippen LogP contribution in [0.2, 0.25) is 0 Å². The van der Waals surface area contributed by atoms with Gasteiger partial charge in [0, 0.05) is 19.2 Å². The largest absolute Gasteiger partial charge is 0.464 e. The number of carbonyl (C=O) groups is 1. The van der Waals surface area contributed by atoms with E-state index in [0.29, 0.717) is 12.1 Å². The molecule has 1 rings (SSSR count). The number of nitrogens with zero attached hydrogens (tertiary/aromatic N) is 2. The molecule has 5 heteroatoms. The van der Waals surface area contributed by atoms with Crippen molar-refractivity contribution in [3.05, 3.63) is 18.2 Å². The van der Waals surface area contributed by atoms with Crippen molar-refractivity contribution >= 4 is 6.09 Å². The Morgan fingerprint density at radius 2 is 2.45 bits per heavy atom. The zero-order valence-corrected chi connectivity index (χ0v) is 5.77. The topological polar surface area (TPSA) is 75.3 Å². The average Bonchev–Trinajstić information content (AvgIpc) is 2.37. The van der Waals surface area contributed by atoms with E-state index in [1.54, 1.807) is 0 Å². The summed E-state index contributed by atoms with van der Waals surface area (Å²) in [6, 6.07) is 0. The fraction of sp³-hybridized carbons (Fsp3) is 0.333. The highest BCUT2D eigenvalue weighted by atomic mass is 16.4. The molecule has 0 fully saturated rings. The molecule has 60 valence electrons.